The summed E-state index contributed by atoms with van der Waals surface area (Å²) in [6, 6.07) is 3.91. The third-order valence-corrected chi connectivity index (χ3v) is 2.62. The summed E-state index contributed by atoms with van der Waals surface area (Å²) in [6.07, 6.45) is 0. The van der Waals surface area contributed by atoms with Crippen LogP contribution in [-0.4, -0.2) is 14.6 Å². The summed E-state index contributed by atoms with van der Waals surface area (Å²) in [7, 11) is 0. The Morgan fingerprint density at radius 3 is 2.83 bits per heavy atom. The molecule has 2 heterocycles. The molecule has 0 aliphatic heterocycles. The van der Waals surface area contributed by atoms with Crippen LogP contribution in [-0.2, 0) is 0 Å². The molecule has 2 rings (SSSR count). The molecule has 12 heavy (non-hydrogen) atoms. The lowest BCUT2D eigenvalue weighted by atomic mass is 10.4. The Balaban J connectivity index is 2.88. The Kier molecular flexibility index (Phi) is 1.65. The average molecular weight is 226 g/mol. The van der Waals surface area contributed by atoms with Crippen LogP contribution in [0.25, 0.3) is 5.65 Å². The highest BCUT2D eigenvalue weighted by molar-refractivity contribution is 9.10. The first-order chi connectivity index (χ1) is 5.68. The van der Waals surface area contributed by atoms with Crippen LogP contribution in [0.4, 0.5) is 0 Å². The van der Waals surface area contributed by atoms with Gasteiger partial charge in [-0.15, -0.1) is 0 Å². The Hall–Kier alpha value is -0.900. The largest absolute Gasteiger partial charge is 0.231 e. The molecule has 0 unspecified atom stereocenters. The van der Waals surface area contributed by atoms with Crippen molar-refractivity contribution in [3.8, 4) is 0 Å². The predicted octanol–water partition coefficient (Wildman–Crippen LogP) is 2.11. The van der Waals surface area contributed by atoms with Gasteiger partial charge >= 0.3 is 0 Å². The van der Waals surface area contributed by atoms with E-state index in [9.17, 15) is 0 Å². The van der Waals surface area contributed by atoms with Crippen molar-refractivity contribution in [1.82, 2.24) is 14.6 Å². The quantitative estimate of drug-likeness (QED) is 0.688. The minimum Gasteiger partial charge on any atom is -0.231 e. The number of nitrogens with zero attached hydrogens (tertiary/aromatic N) is 3. The highest BCUT2D eigenvalue weighted by Crippen LogP contribution is 2.16. The van der Waals surface area contributed by atoms with Gasteiger partial charge in [-0.25, -0.2) is 9.50 Å². The van der Waals surface area contributed by atoms with Crippen LogP contribution in [0.3, 0.4) is 0 Å². The highest BCUT2D eigenvalue weighted by atomic mass is 79.9. The number of hydrogen-bond donors (Lipinski definition) is 0. The van der Waals surface area contributed by atoms with Crippen molar-refractivity contribution in [2.24, 2.45) is 0 Å². The molecular weight excluding hydrogens is 218 g/mol. The summed E-state index contributed by atoms with van der Waals surface area (Å²) < 4.78 is 2.73. The van der Waals surface area contributed by atoms with Crippen molar-refractivity contribution in [2.45, 2.75) is 13.8 Å². The molecule has 0 radical (unpaired) electrons. The third kappa shape index (κ3) is 1.03. The lowest BCUT2D eigenvalue weighted by Crippen LogP contribution is -1.93. The second-order valence-electron chi connectivity index (χ2n) is 2.73. The molecule has 0 saturated carbocycles. The zero-order valence-electron chi connectivity index (χ0n) is 6.87. The second kappa shape index (κ2) is 2.55. The monoisotopic (exact) mass is 225 g/mol. The maximum Gasteiger partial charge on any atom is 0.155 e. The van der Waals surface area contributed by atoms with Crippen LogP contribution in [0, 0.1) is 13.8 Å². The van der Waals surface area contributed by atoms with E-state index in [2.05, 4.69) is 26.0 Å². The van der Waals surface area contributed by atoms with Gasteiger partial charge in [-0.2, -0.15) is 5.10 Å². The van der Waals surface area contributed by atoms with Crippen molar-refractivity contribution in [1.29, 1.82) is 0 Å². The summed E-state index contributed by atoms with van der Waals surface area (Å²) in [4.78, 5) is 4.31. The van der Waals surface area contributed by atoms with E-state index in [1.165, 1.54) is 0 Å². The number of aromatic nitrogens is 3. The molecule has 0 spiro atoms. The Morgan fingerprint density at radius 1 is 1.33 bits per heavy atom. The van der Waals surface area contributed by atoms with Gasteiger partial charge in [0.15, 0.2) is 5.65 Å². The van der Waals surface area contributed by atoms with Gasteiger partial charge in [-0.3, -0.25) is 0 Å². The lowest BCUT2D eigenvalue weighted by Gasteiger charge is -1.94. The molecule has 3 nitrogen and oxygen atoms in total. The number of hydrogen-bond acceptors (Lipinski definition) is 2. The molecule has 4 heteroatoms. The van der Waals surface area contributed by atoms with Gasteiger partial charge < -0.3 is 0 Å². The topological polar surface area (TPSA) is 30.2 Å². The fourth-order valence-corrected chi connectivity index (χ4v) is 1.46. The summed E-state index contributed by atoms with van der Waals surface area (Å²) in [6.45, 7) is 3.91. The van der Waals surface area contributed by atoms with Gasteiger partial charge in [-0.1, -0.05) is 0 Å². The van der Waals surface area contributed by atoms with E-state index in [0.29, 0.717) is 0 Å². The van der Waals surface area contributed by atoms with E-state index in [0.717, 1.165) is 21.6 Å². The maximum absolute atomic E-state index is 4.31. The fraction of sp³-hybridized carbons (Fsp3) is 0.250. The average Bonchev–Trinajstić information content (AvgIpc) is 2.31. The summed E-state index contributed by atoms with van der Waals surface area (Å²) >= 11 is 3.42. The third-order valence-electron chi connectivity index (χ3n) is 1.72. The maximum atomic E-state index is 4.31. The zero-order chi connectivity index (χ0) is 8.72. The first kappa shape index (κ1) is 7.73. The van der Waals surface area contributed by atoms with Crippen molar-refractivity contribution < 1.29 is 0 Å². The van der Waals surface area contributed by atoms with Crippen molar-refractivity contribution in [3.05, 3.63) is 28.1 Å². The van der Waals surface area contributed by atoms with Crippen molar-refractivity contribution in [2.75, 3.05) is 0 Å². The van der Waals surface area contributed by atoms with Crippen molar-refractivity contribution in [3.63, 3.8) is 0 Å². The molecular formula is C8H8BrN3. The molecule has 0 atom stereocenters. The van der Waals surface area contributed by atoms with E-state index in [4.69, 9.17) is 0 Å². The second-order valence-corrected chi connectivity index (χ2v) is 3.48. The molecule has 0 bridgehead atoms. The number of fused-ring (bicyclic) bond motifs is 1. The van der Waals surface area contributed by atoms with E-state index in [1.807, 2.05) is 26.0 Å². The van der Waals surface area contributed by atoms with Gasteiger partial charge in [0.2, 0.25) is 0 Å². The Bertz CT molecular complexity index is 433. The van der Waals surface area contributed by atoms with E-state index in [1.54, 1.807) is 4.52 Å². The van der Waals surface area contributed by atoms with Gasteiger partial charge in [-0.05, 0) is 41.9 Å². The van der Waals surface area contributed by atoms with Gasteiger partial charge in [0.05, 0.1) is 11.4 Å². The summed E-state index contributed by atoms with van der Waals surface area (Å²) in [5, 5.41) is 4.30. The molecule has 2 aromatic heterocycles. The lowest BCUT2D eigenvalue weighted by molar-refractivity contribution is 0.881. The standard InChI is InChI=1S/C8H8BrN3/c1-5-3-4-7-10-6(2)8(9)12(7)11-5/h3-4H,1-2H3. The number of halogens is 1. The fourth-order valence-electron chi connectivity index (χ4n) is 1.11. The minimum atomic E-state index is 0.880. The smallest absolute Gasteiger partial charge is 0.155 e. The first-order valence-corrected chi connectivity index (χ1v) is 4.46. The predicted molar refractivity (Wildman–Crippen MR) is 50.2 cm³/mol. The van der Waals surface area contributed by atoms with Crippen LogP contribution in [0.5, 0.6) is 0 Å². The molecule has 0 amide bonds. The van der Waals surface area contributed by atoms with Crippen LogP contribution in [0.15, 0.2) is 16.7 Å². The highest BCUT2D eigenvalue weighted by Gasteiger charge is 2.05. The van der Waals surface area contributed by atoms with Crippen molar-refractivity contribution >= 4 is 21.6 Å². The van der Waals surface area contributed by atoms with Crippen LogP contribution < -0.4 is 0 Å². The van der Waals surface area contributed by atoms with Gasteiger partial charge in [0.25, 0.3) is 0 Å². The normalized spacial score (nSPS) is 10.9. The molecule has 0 saturated heterocycles. The Morgan fingerprint density at radius 2 is 2.08 bits per heavy atom. The molecule has 2 aromatic rings. The molecule has 62 valence electrons. The SMILES string of the molecule is Cc1ccc2nc(C)c(Br)n2n1. The minimum absolute atomic E-state index is 0.880. The molecule has 0 aliphatic carbocycles. The van der Waals surface area contributed by atoms with Gasteiger partial charge in [0, 0.05) is 0 Å². The Labute approximate surface area is 78.6 Å². The molecule has 0 aliphatic rings. The number of imidazole rings is 1. The van der Waals surface area contributed by atoms with Crippen LogP contribution in [0.2, 0.25) is 0 Å². The van der Waals surface area contributed by atoms with Crippen LogP contribution >= 0.6 is 15.9 Å². The number of rotatable bonds is 0. The molecule has 0 N–H and O–H groups in total. The van der Waals surface area contributed by atoms with Crippen LogP contribution in [0.1, 0.15) is 11.4 Å². The summed E-state index contributed by atoms with van der Waals surface area (Å²) in [5.74, 6) is 0. The number of aryl methyl sites for hydroxylation is 2. The first-order valence-electron chi connectivity index (χ1n) is 3.67. The van der Waals surface area contributed by atoms with E-state index >= 15 is 0 Å². The molecule has 0 fully saturated rings. The summed E-state index contributed by atoms with van der Waals surface area (Å²) in [5.41, 5.74) is 2.83. The molecule has 0 aromatic carbocycles. The zero-order valence-corrected chi connectivity index (χ0v) is 8.46. The van der Waals surface area contributed by atoms with E-state index in [-0.39, 0.29) is 0 Å². The van der Waals surface area contributed by atoms with E-state index < -0.39 is 0 Å². The van der Waals surface area contributed by atoms with Gasteiger partial charge in [0.1, 0.15) is 4.60 Å².